The van der Waals surface area contributed by atoms with Crippen LogP contribution in [0.1, 0.15) is 36.9 Å². The summed E-state index contributed by atoms with van der Waals surface area (Å²) >= 11 is 1.12. The van der Waals surface area contributed by atoms with Crippen LogP contribution in [0.5, 0.6) is 0 Å². The number of sulfone groups is 1. The second kappa shape index (κ2) is 5.92. The van der Waals surface area contributed by atoms with Crippen LogP contribution < -0.4 is 11.1 Å². The van der Waals surface area contributed by atoms with E-state index < -0.39 is 9.84 Å². The molecule has 1 aromatic rings. The van der Waals surface area contributed by atoms with Crippen molar-refractivity contribution in [2.45, 2.75) is 32.1 Å². The lowest BCUT2D eigenvalue weighted by Gasteiger charge is -2.08. The van der Waals surface area contributed by atoms with Gasteiger partial charge in [0.1, 0.15) is 9.90 Å². The third-order valence-electron chi connectivity index (χ3n) is 2.52. The van der Waals surface area contributed by atoms with Crippen LogP contribution in [0, 0.1) is 5.92 Å². The van der Waals surface area contributed by atoms with Crippen molar-refractivity contribution >= 4 is 37.6 Å². The Morgan fingerprint density at radius 2 is 2.00 bits per heavy atom. The number of rotatable bonds is 6. The van der Waals surface area contributed by atoms with Crippen LogP contribution in [-0.4, -0.2) is 27.0 Å². The molecule has 19 heavy (non-hydrogen) atoms. The normalized spacial score (nSPS) is 11.8. The zero-order valence-electron chi connectivity index (χ0n) is 11.6. The Kier molecular flexibility index (Phi) is 4.98. The van der Waals surface area contributed by atoms with Gasteiger partial charge >= 0.3 is 0 Å². The molecule has 0 aliphatic carbocycles. The minimum Gasteiger partial charge on any atom is -0.396 e. The second-order valence-corrected chi connectivity index (χ2v) is 7.80. The lowest BCUT2D eigenvalue weighted by molar-refractivity contribution is 0.0992. The van der Waals surface area contributed by atoms with E-state index in [0.29, 0.717) is 28.8 Å². The van der Waals surface area contributed by atoms with Gasteiger partial charge in [-0.1, -0.05) is 20.8 Å². The highest BCUT2D eigenvalue weighted by Crippen LogP contribution is 2.39. The molecule has 0 saturated heterocycles. The summed E-state index contributed by atoms with van der Waals surface area (Å²) in [6.07, 6.45) is 1.41. The number of nitrogen functional groups attached to an aromatic ring is 1. The maximum absolute atomic E-state index is 11.8. The minimum absolute atomic E-state index is 0.0509. The maximum atomic E-state index is 11.8. The Labute approximate surface area is 118 Å². The first-order valence-electron chi connectivity index (χ1n) is 6.07. The van der Waals surface area contributed by atoms with E-state index in [1.54, 1.807) is 6.92 Å². The fourth-order valence-electron chi connectivity index (χ4n) is 1.58. The Balaban J connectivity index is 3.32. The average Bonchev–Trinajstić information content (AvgIpc) is 2.62. The molecule has 1 rings (SSSR count). The van der Waals surface area contributed by atoms with Crippen LogP contribution in [-0.2, 0) is 9.84 Å². The van der Waals surface area contributed by atoms with Crippen LogP contribution in [0.4, 0.5) is 10.7 Å². The summed E-state index contributed by atoms with van der Waals surface area (Å²) in [7, 11) is -3.46. The number of thiophene rings is 1. The molecule has 0 unspecified atom stereocenters. The van der Waals surface area contributed by atoms with Crippen molar-refractivity contribution in [1.29, 1.82) is 0 Å². The van der Waals surface area contributed by atoms with Crippen LogP contribution >= 0.6 is 11.3 Å². The number of ketones is 1. The number of hydrogen-bond donors (Lipinski definition) is 2. The molecule has 0 spiro atoms. The smallest absolute Gasteiger partial charge is 0.180 e. The molecule has 0 atom stereocenters. The molecule has 0 aliphatic heterocycles. The summed E-state index contributed by atoms with van der Waals surface area (Å²) < 4.78 is 23.6. The fraction of sp³-hybridized carbons (Fsp3) is 0.583. The molecule has 5 nitrogen and oxygen atoms in total. The number of nitrogens with one attached hydrogen (secondary N) is 1. The molecule has 0 aromatic carbocycles. The molecule has 0 radical (unpaired) electrons. The first-order chi connectivity index (χ1) is 8.68. The second-order valence-electron chi connectivity index (χ2n) is 4.83. The molecule has 1 heterocycles. The molecule has 0 amide bonds. The van der Waals surface area contributed by atoms with Crippen molar-refractivity contribution in [2.75, 3.05) is 23.9 Å². The van der Waals surface area contributed by atoms with Gasteiger partial charge in [-0.05, 0) is 5.92 Å². The predicted molar refractivity (Wildman–Crippen MR) is 79.8 cm³/mol. The summed E-state index contributed by atoms with van der Waals surface area (Å²) in [5.41, 5.74) is 5.92. The van der Waals surface area contributed by atoms with E-state index >= 15 is 0 Å². The standard InChI is InChI=1S/C12H20N2O3S2/c1-5-8(15)10-9(13)11(19(4,16)17)12(18-10)14-6-7(2)3/h7,14H,5-6,13H2,1-4H3. The molecule has 1 aromatic heterocycles. The van der Waals surface area contributed by atoms with E-state index in [1.807, 2.05) is 13.8 Å². The van der Waals surface area contributed by atoms with Crippen molar-refractivity contribution < 1.29 is 13.2 Å². The first-order valence-corrected chi connectivity index (χ1v) is 8.78. The quantitative estimate of drug-likeness (QED) is 0.788. The zero-order chi connectivity index (χ0) is 14.8. The SMILES string of the molecule is CCC(=O)c1sc(NCC(C)C)c(S(C)(=O)=O)c1N. The first kappa shape index (κ1) is 16.0. The highest BCUT2D eigenvalue weighted by Gasteiger charge is 2.26. The van der Waals surface area contributed by atoms with Gasteiger partial charge in [0.05, 0.1) is 10.6 Å². The summed E-state index contributed by atoms with van der Waals surface area (Å²) in [6, 6.07) is 0. The molecule has 108 valence electrons. The fourth-order valence-corrected chi connectivity index (χ4v) is 4.16. The highest BCUT2D eigenvalue weighted by atomic mass is 32.2. The van der Waals surface area contributed by atoms with E-state index in [2.05, 4.69) is 5.32 Å². The van der Waals surface area contributed by atoms with Crippen molar-refractivity contribution in [3.05, 3.63) is 4.88 Å². The summed E-state index contributed by atoms with van der Waals surface area (Å²) in [5.74, 6) is 0.228. The number of anilines is 2. The molecular formula is C12H20N2O3S2. The molecular weight excluding hydrogens is 284 g/mol. The van der Waals surface area contributed by atoms with Gasteiger partial charge in [-0.15, -0.1) is 11.3 Å². The van der Waals surface area contributed by atoms with E-state index in [9.17, 15) is 13.2 Å². The minimum atomic E-state index is -3.46. The van der Waals surface area contributed by atoms with Gasteiger partial charge in [0, 0.05) is 19.2 Å². The number of nitrogens with two attached hydrogens (primary N) is 1. The lowest BCUT2D eigenvalue weighted by atomic mass is 10.2. The van der Waals surface area contributed by atoms with Crippen molar-refractivity contribution in [3.63, 3.8) is 0 Å². The summed E-state index contributed by atoms with van der Waals surface area (Å²) in [4.78, 5) is 12.2. The molecule has 0 bridgehead atoms. The van der Waals surface area contributed by atoms with E-state index in [4.69, 9.17) is 5.73 Å². The molecule has 3 N–H and O–H groups in total. The average molecular weight is 304 g/mol. The van der Waals surface area contributed by atoms with E-state index in [-0.39, 0.29) is 16.4 Å². The zero-order valence-corrected chi connectivity index (χ0v) is 13.2. The number of carbonyl (C=O) groups excluding carboxylic acids is 1. The van der Waals surface area contributed by atoms with Gasteiger partial charge < -0.3 is 11.1 Å². The number of Topliss-reactive ketones (excluding diaryl/α,β-unsaturated/α-hetero) is 1. The van der Waals surface area contributed by atoms with Crippen molar-refractivity contribution in [1.82, 2.24) is 0 Å². The topological polar surface area (TPSA) is 89.3 Å². The van der Waals surface area contributed by atoms with E-state index in [1.165, 1.54) is 0 Å². The Hall–Kier alpha value is -1.08. The van der Waals surface area contributed by atoms with Crippen molar-refractivity contribution in [3.8, 4) is 0 Å². The van der Waals surface area contributed by atoms with Gasteiger partial charge in [-0.3, -0.25) is 4.79 Å². The summed E-state index contributed by atoms with van der Waals surface area (Å²) in [5, 5.41) is 3.53. The Morgan fingerprint density at radius 1 is 1.42 bits per heavy atom. The van der Waals surface area contributed by atoms with E-state index in [0.717, 1.165) is 17.6 Å². The van der Waals surface area contributed by atoms with Crippen LogP contribution in [0.15, 0.2) is 4.90 Å². The third kappa shape index (κ3) is 3.70. The highest BCUT2D eigenvalue weighted by molar-refractivity contribution is 7.91. The van der Waals surface area contributed by atoms with Gasteiger partial charge in [0.2, 0.25) is 0 Å². The molecule has 7 heteroatoms. The third-order valence-corrected chi connectivity index (χ3v) is 5.01. The molecule has 0 fully saturated rings. The summed E-state index contributed by atoms with van der Waals surface area (Å²) in [6.45, 7) is 6.38. The monoisotopic (exact) mass is 304 g/mol. The Morgan fingerprint density at radius 3 is 2.42 bits per heavy atom. The molecule has 0 aliphatic rings. The largest absolute Gasteiger partial charge is 0.396 e. The van der Waals surface area contributed by atoms with Gasteiger partial charge in [-0.2, -0.15) is 0 Å². The maximum Gasteiger partial charge on any atom is 0.180 e. The van der Waals surface area contributed by atoms with Crippen LogP contribution in [0.25, 0.3) is 0 Å². The molecule has 0 saturated carbocycles. The van der Waals surface area contributed by atoms with Gasteiger partial charge in [-0.25, -0.2) is 8.42 Å². The van der Waals surface area contributed by atoms with Crippen molar-refractivity contribution in [2.24, 2.45) is 5.92 Å². The predicted octanol–water partition coefficient (Wildman–Crippen LogP) is 2.39. The lowest BCUT2D eigenvalue weighted by Crippen LogP contribution is -2.10. The Bertz CT molecular complexity index is 574. The van der Waals surface area contributed by atoms with Crippen LogP contribution in [0.2, 0.25) is 0 Å². The number of carbonyl (C=O) groups is 1. The van der Waals surface area contributed by atoms with Crippen LogP contribution in [0.3, 0.4) is 0 Å². The number of hydrogen-bond acceptors (Lipinski definition) is 6. The van der Waals surface area contributed by atoms with Gasteiger partial charge in [0.25, 0.3) is 0 Å². The van der Waals surface area contributed by atoms with Gasteiger partial charge in [0.15, 0.2) is 15.6 Å².